The monoisotopic (exact) mass is 269 g/mol. The maximum absolute atomic E-state index is 6.17. The van der Waals surface area contributed by atoms with Crippen molar-refractivity contribution < 1.29 is 4.74 Å². The van der Waals surface area contributed by atoms with Crippen molar-refractivity contribution in [1.29, 1.82) is 0 Å². The summed E-state index contributed by atoms with van der Waals surface area (Å²) in [5, 5.41) is 4.07. The molecule has 0 spiro atoms. The van der Waals surface area contributed by atoms with Crippen molar-refractivity contribution in [3.63, 3.8) is 0 Å². The van der Waals surface area contributed by atoms with Crippen molar-refractivity contribution in [2.24, 2.45) is 0 Å². The fraction of sp³-hybridized carbons (Fsp3) is 0.692. The summed E-state index contributed by atoms with van der Waals surface area (Å²) < 4.78 is 5.41. The molecule has 1 aromatic rings. The lowest BCUT2D eigenvalue weighted by atomic mass is 9.92. The largest absolute Gasteiger partial charge is 0.381 e. The Morgan fingerprint density at radius 1 is 1.33 bits per heavy atom. The first-order chi connectivity index (χ1) is 8.52. The van der Waals surface area contributed by atoms with Gasteiger partial charge in [0.25, 0.3) is 0 Å². The molecule has 4 nitrogen and oxygen atoms in total. The lowest BCUT2D eigenvalue weighted by molar-refractivity contribution is 0.0657. The van der Waals surface area contributed by atoms with Gasteiger partial charge in [-0.2, -0.15) is 0 Å². The molecular formula is C13H20ClN3O. The van der Waals surface area contributed by atoms with Gasteiger partial charge in [-0.05, 0) is 25.7 Å². The Kier molecular flexibility index (Phi) is 4.07. The summed E-state index contributed by atoms with van der Waals surface area (Å²) in [6.45, 7) is 7.98. The van der Waals surface area contributed by atoms with E-state index in [0.717, 1.165) is 37.4 Å². The minimum absolute atomic E-state index is 0.0274. The van der Waals surface area contributed by atoms with Crippen molar-refractivity contribution in [3.8, 4) is 0 Å². The molecule has 18 heavy (non-hydrogen) atoms. The summed E-state index contributed by atoms with van der Waals surface area (Å²) in [5.41, 5.74) is 1.02. The average molecular weight is 270 g/mol. The molecule has 0 atom stereocenters. The summed E-state index contributed by atoms with van der Waals surface area (Å²) in [6, 6.07) is 0. The van der Waals surface area contributed by atoms with Gasteiger partial charge < -0.3 is 10.1 Å². The minimum Gasteiger partial charge on any atom is -0.381 e. The van der Waals surface area contributed by atoms with Gasteiger partial charge in [-0.25, -0.2) is 9.97 Å². The number of anilines is 1. The fourth-order valence-corrected chi connectivity index (χ4v) is 2.57. The van der Waals surface area contributed by atoms with Crippen molar-refractivity contribution >= 4 is 17.4 Å². The smallest absolute Gasteiger partial charge is 0.138 e. The maximum Gasteiger partial charge on any atom is 0.138 e. The second-order valence-electron chi connectivity index (χ2n) is 5.38. The van der Waals surface area contributed by atoms with E-state index in [1.807, 2.05) is 0 Å². The number of halogens is 1. The normalized spacial score (nSPS) is 18.9. The van der Waals surface area contributed by atoms with Crippen LogP contribution in [0.3, 0.4) is 0 Å². The average Bonchev–Trinajstić information content (AvgIpc) is 2.28. The van der Waals surface area contributed by atoms with Gasteiger partial charge in [-0.15, -0.1) is 0 Å². The Morgan fingerprint density at radius 3 is 2.61 bits per heavy atom. The molecule has 1 saturated heterocycles. The highest BCUT2D eigenvalue weighted by molar-refractivity contribution is 6.30. The van der Waals surface area contributed by atoms with E-state index in [-0.39, 0.29) is 5.54 Å². The fourth-order valence-electron chi connectivity index (χ4n) is 2.22. The molecule has 2 heterocycles. The highest BCUT2D eigenvalue weighted by Gasteiger charge is 2.29. The van der Waals surface area contributed by atoms with Crippen LogP contribution in [0.15, 0.2) is 6.33 Å². The van der Waals surface area contributed by atoms with E-state index in [0.29, 0.717) is 11.1 Å². The lowest BCUT2D eigenvalue weighted by Gasteiger charge is -2.35. The van der Waals surface area contributed by atoms with Gasteiger partial charge in [0.1, 0.15) is 17.3 Å². The third-order valence-corrected chi connectivity index (χ3v) is 3.73. The summed E-state index contributed by atoms with van der Waals surface area (Å²) >= 11 is 6.17. The molecule has 0 aliphatic carbocycles. The summed E-state index contributed by atoms with van der Waals surface area (Å²) in [5.74, 6) is 1.15. The van der Waals surface area contributed by atoms with Crippen LogP contribution in [0.2, 0.25) is 5.15 Å². The molecule has 0 amide bonds. The first-order valence-electron chi connectivity index (χ1n) is 6.38. The van der Waals surface area contributed by atoms with E-state index in [1.165, 1.54) is 6.33 Å². The predicted octanol–water partition coefficient (Wildman–Crippen LogP) is 3.23. The van der Waals surface area contributed by atoms with E-state index < -0.39 is 0 Å². The molecule has 1 aliphatic heterocycles. The van der Waals surface area contributed by atoms with Crippen molar-refractivity contribution in [2.75, 3.05) is 18.5 Å². The van der Waals surface area contributed by atoms with Gasteiger partial charge in [0.15, 0.2) is 0 Å². The number of nitrogens with one attached hydrogen (secondary N) is 1. The summed E-state index contributed by atoms with van der Waals surface area (Å²) in [4.78, 5) is 8.42. The van der Waals surface area contributed by atoms with Crippen LogP contribution >= 0.6 is 11.6 Å². The quantitative estimate of drug-likeness (QED) is 0.856. The standard InChI is InChI=1S/C13H20ClN3O/c1-9(2)10-11(14)15-8-16-12(10)17-13(3)4-6-18-7-5-13/h8-9H,4-7H2,1-3H3,(H,15,16,17). The molecule has 0 unspecified atom stereocenters. The molecule has 0 aromatic carbocycles. The zero-order valence-electron chi connectivity index (χ0n) is 11.2. The highest BCUT2D eigenvalue weighted by atomic mass is 35.5. The predicted molar refractivity (Wildman–Crippen MR) is 73.2 cm³/mol. The number of ether oxygens (including phenoxy) is 1. The van der Waals surface area contributed by atoms with Gasteiger partial charge in [0, 0.05) is 24.3 Å². The molecule has 0 bridgehead atoms. The molecule has 5 heteroatoms. The van der Waals surface area contributed by atoms with Gasteiger partial charge in [0.05, 0.1) is 0 Å². The molecule has 1 aliphatic rings. The Bertz CT molecular complexity index is 417. The van der Waals surface area contributed by atoms with Gasteiger partial charge in [-0.3, -0.25) is 0 Å². The summed E-state index contributed by atoms with van der Waals surface area (Å²) in [7, 11) is 0. The first kappa shape index (κ1) is 13.6. The highest BCUT2D eigenvalue weighted by Crippen LogP contribution is 2.32. The zero-order valence-corrected chi connectivity index (χ0v) is 11.9. The van der Waals surface area contributed by atoms with E-state index in [1.54, 1.807) is 0 Å². The Morgan fingerprint density at radius 2 is 2.00 bits per heavy atom. The van der Waals surface area contributed by atoms with Crippen molar-refractivity contribution in [3.05, 3.63) is 17.0 Å². The van der Waals surface area contributed by atoms with Crippen LogP contribution in [0.5, 0.6) is 0 Å². The molecule has 1 aromatic heterocycles. The molecular weight excluding hydrogens is 250 g/mol. The van der Waals surface area contributed by atoms with Crippen LogP contribution in [0, 0.1) is 0 Å². The molecule has 0 saturated carbocycles. The van der Waals surface area contributed by atoms with Crippen LogP contribution in [0.25, 0.3) is 0 Å². The third kappa shape index (κ3) is 2.93. The molecule has 1 N–H and O–H groups in total. The van der Waals surface area contributed by atoms with E-state index in [2.05, 4.69) is 36.1 Å². The van der Waals surface area contributed by atoms with Crippen LogP contribution in [0.1, 0.15) is 45.1 Å². The maximum atomic E-state index is 6.17. The van der Waals surface area contributed by atoms with E-state index in [4.69, 9.17) is 16.3 Å². The first-order valence-corrected chi connectivity index (χ1v) is 6.76. The van der Waals surface area contributed by atoms with E-state index >= 15 is 0 Å². The molecule has 2 rings (SSSR count). The SMILES string of the molecule is CC(C)c1c(Cl)ncnc1NC1(C)CCOCC1. The Labute approximate surface area is 113 Å². The number of nitrogens with zero attached hydrogens (tertiary/aromatic N) is 2. The Balaban J connectivity index is 2.25. The van der Waals surface area contributed by atoms with Gasteiger partial charge in [-0.1, -0.05) is 25.4 Å². The van der Waals surface area contributed by atoms with Crippen LogP contribution in [-0.4, -0.2) is 28.7 Å². The number of rotatable bonds is 3. The second-order valence-corrected chi connectivity index (χ2v) is 5.74. The van der Waals surface area contributed by atoms with Gasteiger partial charge >= 0.3 is 0 Å². The Hall–Kier alpha value is -0.870. The van der Waals surface area contributed by atoms with Crippen molar-refractivity contribution in [2.45, 2.75) is 45.1 Å². The zero-order chi connectivity index (χ0) is 13.2. The number of hydrogen-bond acceptors (Lipinski definition) is 4. The van der Waals surface area contributed by atoms with Crippen LogP contribution in [0.4, 0.5) is 5.82 Å². The van der Waals surface area contributed by atoms with Crippen LogP contribution in [-0.2, 0) is 4.74 Å². The third-order valence-electron chi connectivity index (χ3n) is 3.43. The second kappa shape index (κ2) is 5.41. The lowest BCUT2D eigenvalue weighted by Crippen LogP contribution is -2.41. The molecule has 1 fully saturated rings. The van der Waals surface area contributed by atoms with Crippen LogP contribution < -0.4 is 5.32 Å². The van der Waals surface area contributed by atoms with Gasteiger partial charge in [0.2, 0.25) is 0 Å². The topological polar surface area (TPSA) is 47.0 Å². The van der Waals surface area contributed by atoms with Crippen molar-refractivity contribution in [1.82, 2.24) is 9.97 Å². The summed E-state index contributed by atoms with van der Waals surface area (Å²) in [6.07, 6.45) is 3.47. The van der Waals surface area contributed by atoms with E-state index in [9.17, 15) is 0 Å². The minimum atomic E-state index is 0.0274. The number of hydrogen-bond donors (Lipinski definition) is 1. The number of aromatic nitrogens is 2. The molecule has 0 radical (unpaired) electrons. The molecule has 100 valence electrons.